The molecule has 21 heavy (non-hydrogen) atoms. The Morgan fingerprint density at radius 1 is 1.43 bits per heavy atom. The second-order valence-corrected chi connectivity index (χ2v) is 6.44. The number of rotatable bonds is 6. The van der Waals surface area contributed by atoms with Crippen molar-refractivity contribution in [2.75, 3.05) is 19.7 Å². The Hall–Kier alpha value is -1.10. The third-order valence-corrected chi connectivity index (χ3v) is 4.41. The zero-order valence-electron chi connectivity index (χ0n) is 13.3. The molecule has 2 aliphatic heterocycles. The van der Waals surface area contributed by atoms with Gasteiger partial charge in [0, 0.05) is 44.5 Å². The van der Waals surface area contributed by atoms with Crippen LogP contribution >= 0.6 is 0 Å². The van der Waals surface area contributed by atoms with Crippen molar-refractivity contribution in [1.29, 1.82) is 0 Å². The maximum absolute atomic E-state index is 12.5. The Balaban J connectivity index is 1.83. The number of hydrogen-bond donors (Lipinski definition) is 1. The van der Waals surface area contributed by atoms with Gasteiger partial charge in [-0.15, -0.1) is 0 Å². The molecule has 2 heterocycles. The molecule has 5 nitrogen and oxygen atoms in total. The summed E-state index contributed by atoms with van der Waals surface area (Å²) >= 11 is 0. The van der Waals surface area contributed by atoms with Gasteiger partial charge in [0.25, 0.3) is 0 Å². The van der Waals surface area contributed by atoms with E-state index in [1.54, 1.807) is 0 Å². The highest BCUT2D eigenvalue weighted by Crippen LogP contribution is 2.28. The van der Waals surface area contributed by atoms with Crippen LogP contribution in [0.15, 0.2) is 0 Å². The number of amides is 2. The Bertz CT molecular complexity index is 371. The predicted molar refractivity (Wildman–Crippen MR) is 80.8 cm³/mol. The van der Waals surface area contributed by atoms with Crippen LogP contribution in [0.25, 0.3) is 0 Å². The van der Waals surface area contributed by atoms with Gasteiger partial charge >= 0.3 is 0 Å². The fourth-order valence-corrected chi connectivity index (χ4v) is 3.34. The number of carbonyl (C=O) groups excluding carboxylic acids is 2. The van der Waals surface area contributed by atoms with Gasteiger partial charge in [-0.2, -0.15) is 0 Å². The zero-order valence-corrected chi connectivity index (χ0v) is 13.3. The maximum Gasteiger partial charge on any atom is 0.222 e. The standard InChI is InChI=1S/C16H28N2O3/c1-12(2)21-9-5-7-16(20)18-8-4-3-6-14(18)13-10-15(19)17-11-13/h12-14H,3-11H2,1-2H3,(H,17,19)/t13-,14+/m1/s1. The van der Waals surface area contributed by atoms with Crippen LogP contribution in [0.3, 0.4) is 0 Å². The first-order valence-electron chi connectivity index (χ1n) is 8.25. The number of nitrogens with one attached hydrogen (secondary N) is 1. The molecule has 0 saturated carbocycles. The number of nitrogens with zero attached hydrogens (tertiary/aromatic N) is 1. The highest BCUT2D eigenvalue weighted by Gasteiger charge is 2.36. The van der Waals surface area contributed by atoms with Gasteiger partial charge in [0.1, 0.15) is 0 Å². The van der Waals surface area contributed by atoms with Crippen LogP contribution in [-0.4, -0.2) is 48.6 Å². The van der Waals surface area contributed by atoms with Crippen molar-refractivity contribution < 1.29 is 14.3 Å². The van der Waals surface area contributed by atoms with Gasteiger partial charge in [-0.1, -0.05) is 0 Å². The molecule has 5 heteroatoms. The summed E-state index contributed by atoms with van der Waals surface area (Å²) in [5.74, 6) is 0.656. The Labute approximate surface area is 127 Å². The lowest BCUT2D eigenvalue weighted by Crippen LogP contribution is -2.48. The number of likely N-dealkylation sites (tertiary alicyclic amines) is 1. The van der Waals surface area contributed by atoms with Gasteiger partial charge in [-0.05, 0) is 39.5 Å². The fraction of sp³-hybridized carbons (Fsp3) is 0.875. The SMILES string of the molecule is CC(C)OCCCC(=O)N1CCCC[C@H]1[C@H]1CNC(=O)C1. The summed E-state index contributed by atoms with van der Waals surface area (Å²) < 4.78 is 5.49. The lowest BCUT2D eigenvalue weighted by molar-refractivity contribution is -0.137. The first-order valence-corrected chi connectivity index (χ1v) is 8.25. The summed E-state index contributed by atoms with van der Waals surface area (Å²) in [6.45, 7) is 6.23. The third-order valence-electron chi connectivity index (χ3n) is 4.41. The van der Waals surface area contributed by atoms with E-state index in [2.05, 4.69) is 5.32 Å². The summed E-state index contributed by atoms with van der Waals surface area (Å²) in [7, 11) is 0. The lowest BCUT2D eigenvalue weighted by Gasteiger charge is -2.39. The molecule has 2 rings (SSSR count). The van der Waals surface area contributed by atoms with Crippen LogP contribution in [0.2, 0.25) is 0 Å². The van der Waals surface area contributed by atoms with E-state index in [0.717, 1.165) is 38.8 Å². The molecule has 0 aliphatic carbocycles. The normalized spacial score (nSPS) is 26.2. The molecule has 0 aromatic heterocycles. The van der Waals surface area contributed by atoms with Crippen molar-refractivity contribution in [3.63, 3.8) is 0 Å². The van der Waals surface area contributed by atoms with E-state index >= 15 is 0 Å². The van der Waals surface area contributed by atoms with Crippen molar-refractivity contribution in [1.82, 2.24) is 10.2 Å². The Morgan fingerprint density at radius 2 is 2.24 bits per heavy atom. The lowest BCUT2D eigenvalue weighted by atomic mass is 9.89. The summed E-state index contributed by atoms with van der Waals surface area (Å²) in [5.41, 5.74) is 0. The van der Waals surface area contributed by atoms with Gasteiger partial charge in [0.15, 0.2) is 0 Å². The van der Waals surface area contributed by atoms with Crippen molar-refractivity contribution >= 4 is 11.8 Å². The first-order chi connectivity index (χ1) is 10.1. The van der Waals surface area contributed by atoms with Gasteiger partial charge in [0.05, 0.1) is 6.10 Å². The average molecular weight is 296 g/mol. The summed E-state index contributed by atoms with van der Waals surface area (Å²) in [6, 6.07) is 0.246. The monoisotopic (exact) mass is 296 g/mol. The quantitative estimate of drug-likeness (QED) is 0.759. The van der Waals surface area contributed by atoms with Crippen molar-refractivity contribution in [3.05, 3.63) is 0 Å². The minimum Gasteiger partial charge on any atom is -0.379 e. The van der Waals surface area contributed by atoms with E-state index in [9.17, 15) is 9.59 Å². The number of piperidine rings is 1. The number of hydrogen-bond acceptors (Lipinski definition) is 3. The number of carbonyl (C=O) groups is 2. The van der Waals surface area contributed by atoms with Crippen LogP contribution < -0.4 is 5.32 Å². The van der Waals surface area contributed by atoms with Gasteiger partial charge in [0.2, 0.25) is 11.8 Å². The second kappa shape index (κ2) is 7.78. The molecule has 120 valence electrons. The second-order valence-electron chi connectivity index (χ2n) is 6.44. The van der Waals surface area contributed by atoms with E-state index in [4.69, 9.17) is 4.74 Å². The topological polar surface area (TPSA) is 58.6 Å². The molecule has 0 spiro atoms. The van der Waals surface area contributed by atoms with E-state index in [-0.39, 0.29) is 24.0 Å². The molecule has 2 saturated heterocycles. The number of ether oxygens (including phenoxy) is 1. The van der Waals surface area contributed by atoms with Crippen molar-refractivity contribution in [2.24, 2.45) is 5.92 Å². The van der Waals surface area contributed by atoms with Gasteiger partial charge < -0.3 is 15.0 Å². The van der Waals surface area contributed by atoms with Gasteiger partial charge in [-0.3, -0.25) is 9.59 Å². The minimum absolute atomic E-state index is 0.128. The molecule has 2 atom stereocenters. The molecule has 1 N–H and O–H groups in total. The van der Waals surface area contributed by atoms with Crippen LogP contribution in [0, 0.1) is 5.92 Å². The van der Waals surface area contributed by atoms with E-state index in [1.165, 1.54) is 0 Å². The predicted octanol–water partition coefficient (Wildman–Crippen LogP) is 1.71. The smallest absolute Gasteiger partial charge is 0.222 e. The molecular formula is C16H28N2O3. The average Bonchev–Trinajstić information content (AvgIpc) is 2.89. The molecule has 2 fully saturated rings. The molecular weight excluding hydrogens is 268 g/mol. The van der Waals surface area contributed by atoms with E-state index in [0.29, 0.717) is 25.4 Å². The summed E-state index contributed by atoms with van der Waals surface area (Å²) in [5, 5.41) is 2.89. The zero-order chi connectivity index (χ0) is 15.2. The van der Waals surface area contributed by atoms with Gasteiger partial charge in [-0.25, -0.2) is 0 Å². The summed E-state index contributed by atoms with van der Waals surface area (Å²) in [6.07, 6.45) is 5.41. The van der Waals surface area contributed by atoms with Crippen LogP contribution in [0.4, 0.5) is 0 Å². The first kappa shape index (κ1) is 16.3. The highest BCUT2D eigenvalue weighted by atomic mass is 16.5. The van der Waals surface area contributed by atoms with E-state index < -0.39 is 0 Å². The molecule has 0 aromatic rings. The molecule has 0 aromatic carbocycles. The van der Waals surface area contributed by atoms with Crippen LogP contribution in [-0.2, 0) is 14.3 Å². The highest BCUT2D eigenvalue weighted by molar-refractivity contribution is 5.79. The van der Waals surface area contributed by atoms with E-state index in [1.807, 2.05) is 18.7 Å². The molecule has 2 aliphatic rings. The van der Waals surface area contributed by atoms with Crippen LogP contribution in [0.1, 0.15) is 52.4 Å². The largest absolute Gasteiger partial charge is 0.379 e. The molecule has 0 unspecified atom stereocenters. The van der Waals surface area contributed by atoms with Crippen molar-refractivity contribution in [2.45, 2.75) is 64.5 Å². The molecule has 2 amide bonds. The fourth-order valence-electron chi connectivity index (χ4n) is 3.34. The minimum atomic E-state index is 0.128. The summed E-state index contributed by atoms with van der Waals surface area (Å²) in [4.78, 5) is 25.9. The maximum atomic E-state index is 12.5. The Kier molecular flexibility index (Phi) is 6.03. The van der Waals surface area contributed by atoms with Crippen molar-refractivity contribution in [3.8, 4) is 0 Å². The molecule has 0 bridgehead atoms. The van der Waals surface area contributed by atoms with Crippen LogP contribution in [0.5, 0.6) is 0 Å². The Morgan fingerprint density at radius 3 is 2.90 bits per heavy atom. The third kappa shape index (κ3) is 4.70. The molecule has 0 radical (unpaired) electrons.